The van der Waals surface area contributed by atoms with Gasteiger partial charge in [-0.15, -0.1) is 0 Å². The summed E-state index contributed by atoms with van der Waals surface area (Å²) in [4.78, 5) is 12.0. The van der Waals surface area contributed by atoms with E-state index in [9.17, 15) is 4.79 Å². The van der Waals surface area contributed by atoms with E-state index in [1.54, 1.807) is 12.4 Å². The lowest BCUT2D eigenvalue weighted by atomic mass is 10.1. The predicted octanol–water partition coefficient (Wildman–Crippen LogP) is 2.97. The zero-order chi connectivity index (χ0) is 14.2. The molecule has 0 saturated carbocycles. The van der Waals surface area contributed by atoms with E-state index in [1.165, 1.54) is 0 Å². The van der Waals surface area contributed by atoms with Crippen molar-refractivity contribution < 1.29 is 4.79 Å². The summed E-state index contributed by atoms with van der Waals surface area (Å²) < 4.78 is 0. The quantitative estimate of drug-likeness (QED) is 0.630. The van der Waals surface area contributed by atoms with Crippen molar-refractivity contribution in [3.63, 3.8) is 0 Å². The van der Waals surface area contributed by atoms with Crippen LogP contribution in [0.5, 0.6) is 0 Å². The van der Waals surface area contributed by atoms with Crippen LogP contribution < -0.4 is 10.6 Å². The molecule has 0 fully saturated rings. The van der Waals surface area contributed by atoms with Gasteiger partial charge in [-0.05, 0) is 24.3 Å². The Morgan fingerprint density at radius 3 is 3.00 bits per heavy atom. The minimum atomic E-state index is -0.0897. The van der Waals surface area contributed by atoms with Crippen molar-refractivity contribution >= 4 is 33.8 Å². The maximum absolute atomic E-state index is 12.0. The highest BCUT2D eigenvalue weighted by Crippen LogP contribution is 2.31. The number of aromatic nitrogens is 2. The molecule has 21 heavy (non-hydrogen) atoms. The number of carbonyl (C=O) groups excluding carboxylic acids is 1. The van der Waals surface area contributed by atoms with Crippen LogP contribution in [0.25, 0.3) is 16.5 Å². The number of aromatic amines is 1. The lowest BCUT2D eigenvalue weighted by Gasteiger charge is -2.02. The van der Waals surface area contributed by atoms with E-state index < -0.39 is 0 Å². The first kappa shape index (κ1) is 11.7. The molecule has 1 aliphatic heterocycles. The van der Waals surface area contributed by atoms with E-state index in [4.69, 9.17) is 0 Å². The fourth-order valence-corrected chi connectivity index (χ4v) is 2.47. The Morgan fingerprint density at radius 1 is 1.14 bits per heavy atom. The maximum Gasteiger partial charge on any atom is 0.257 e. The molecule has 0 unspecified atom stereocenters. The Hall–Kier alpha value is -3.08. The van der Waals surface area contributed by atoms with Gasteiger partial charge < -0.3 is 10.6 Å². The van der Waals surface area contributed by atoms with Crippen molar-refractivity contribution in [1.29, 1.82) is 0 Å². The summed E-state index contributed by atoms with van der Waals surface area (Å²) >= 11 is 0. The third-order valence-corrected chi connectivity index (χ3v) is 3.53. The van der Waals surface area contributed by atoms with Crippen LogP contribution in [0, 0.1) is 0 Å². The molecule has 0 saturated heterocycles. The molecule has 0 bridgehead atoms. The van der Waals surface area contributed by atoms with E-state index >= 15 is 0 Å². The number of hydrogen-bond acceptors (Lipinski definition) is 3. The summed E-state index contributed by atoms with van der Waals surface area (Å²) in [7, 11) is 0. The van der Waals surface area contributed by atoms with Crippen LogP contribution in [0.3, 0.4) is 0 Å². The zero-order valence-corrected chi connectivity index (χ0v) is 11.1. The van der Waals surface area contributed by atoms with Gasteiger partial charge in [-0.2, -0.15) is 5.10 Å². The van der Waals surface area contributed by atoms with E-state index in [-0.39, 0.29) is 5.91 Å². The summed E-state index contributed by atoms with van der Waals surface area (Å²) in [5, 5.41) is 13.9. The van der Waals surface area contributed by atoms with Crippen LogP contribution in [0.1, 0.15) is 5.56 Å². The number of anilines is 2. The average Bonchev–Trinajstić information content (AvgIpc) is 3.08. The topological polar surface area (TPSA) is 69.8 Å². The number of nitrogens with one attached hydrogen (secondary N) is 3. The number of benzene rings is 2. The first-order valence-electron chi connectivity index (χ1n) is 6.62. The molecule has 1 aliphatic rings. The Labute approximate surface area is 120 Å². The monoisotopic (exact) mass is 276 g/mol. The molecule has 5 heteroatoms. The SMILES string of the molecule is O=C1Nc2ccccc2/C1=C/Nc1ccc2[nH]ncc2c1. The van der Waals surface area contributed by atoms with Gasteiger partial charge in [0.25, 0.3) is 5.91 Å². The number of H-pyrrole nitrogens is 1. The minimum Gasteiger partial charge on any atom is -0.361 e. The van der Waals surface area contributed by atoms with Gasteiger partial charge in [0.15, 0.2) is 0 Å². The third kappa shape index (κ3) is 1.95. The molecule has 102 valence electrons. The minimum absolute atomic E-state index is 0.0897. The van der Waals surface area contributed by atoms with Crippen LogP contribution in [0.15, 0.2) is 54.9 Å². The van der Waals surface area contributed by atoms with Crippen molar-refractivity contribution in [2.75, 3.05) is 10.6 Å². The van der Waals surface area contributed by atoms with Crippen LogP contribution in [-0.4, -0.2) is 16.1 Å². The van der Waals surface area contributed by atoms with Gasteiger partial charge in [-0.1, -0.05) is 18.2 Å². The van der Waals surface area contributed by atoms with Gasteiger partial charge >= 0.3 is 0 Å². The van der Waals surface area contributed by atoms with Gasteiger partial charge in [0.05, 0.1) is 17.3 Å². The van der Waals surface area contributed by atoms with Crippen molar-refractivity contribution in [2.45, 2.75) is 0 Å². The first-order valence-corrected chi connectivity index (χ1v) is 6.62. The van der Waals surface area contributed by atoms with Gasteiger partial charge in [-0.3, -0.25) is 9.89 Å². The number of amides is 1. The first-order chi connectivity index (χ1) is 10.3. The largest absolute Gasteiger partial charge is 0.361 e. The van der Waals surface area contributed by atoms with Crippen LogP contribution in [-0.2, 0) is 4.79 Å². The van der Waals surface area contributed by atoms with Crippen molar-refractivity contribution in [3.8, 4) is 0 Å². The second-order valence-corrected chi connectivity index (χ2v) is 4.87. The summed E-state index contributed by atoms with van der Waals surface area (Å²) in [6.07, 6.45) is 3.51. The molecule has 0 spiro atoms. The number of carbonyl (C=O) groups is 1. The number of nitrogens with zero attached hydrogens (tertiary/aromatic N) is 1. The molecule has 0 atom stereocenters. The number of rotatable bonds is 2. The molecule has 1 amide bonds. The standard InChI is InChI=1S/C16H12N4O/c21-16-13(12-3-1-2-4-15(12)19-16)9-17-11-5-6-14-10(7-11)8-18-20-14/h1-9,17H,(H,18,20)(H,19,21)/b13-9-. The highest BCUT2D eigenvalue weighted by atomic mass is 16.2. The summed E-state index contributed by atoms with van der Waals surface area (Å²) in [6, 6.07) is 13.5. The van der Waals surface area contributed by atoms with Crippen LogP contribution in [0.4, 0.5) is 11.4 Å². The molecule has 1 aromatic heterocycles. The Kier molecular flexibility index (Phi) is 2.50. The fourth-order valence-electron chi connectivity index (χ4n) is 2.47. The second-order valence-electron chi connectivity index (χ2n) is 4.87. The van der Waals surface area contributed by atoms with Crippen molar-refractivity contribution in [1.82, 2.24) is 10.2 Å². The summed E-state index contributed by atoms with van der Waals surface area (Å²) in [5.74, 6) is -0.0897. The zero-order valence-electron chi connectivity index (χ0n) is 11.1. The van der Waals surface area contributed by atoms with E-state index in [0.717, 1.165) is 27.8 Å². The van der Waals surface area contributed by atoms with Crippen LogP contribution >= 0.6 is 0 Å². The molecule has 0 aliphatic carbocycles. The summed E-state index contributed by atoms with van der Waals surface area (Å²) in [6.45, 7) is 0. The van der Waals surface area contributed by atoms with Gasteiger partial charge in [0, 0.05) is 28.5 Å². The fraction of sp³-hybridized carbons (Fsp3) is 0. The molecule has 3 aromatic rings. The Balaban J connectivity index is 1.67. The lowest BCUT2D eigenvalue weighted by molar-refractivity contribution is -0.110. The van der Waals surface area contributed by atoms with E-state index in [2.05, 4.69) is 20.8 Å². The van der Waals surface area contributed by atoms with Gasteiger partial charge in [0.1, 0.15) is 0 Å². The Morgan fingerprint density at radius 2 is 2.05 bits per heavy atom. The van der Waals surface area contributed by atoms with E-state index in [0.29, 0.717) is 5.57 Å². The Bertz CT molecular complexity index is 879. The normalized spacial score (nSPS) is 15.2. The van der Waals surface area contributed by atoms with Crippen molar-refractivity contribution in [3.05, 3.63) is 60.4 Å². The number of hydrogen-bond donors (Lipinski definition) is 3. The number of para-hydroxylation sites is 1. The average molecular weight is 276 g/mol. The highest BCUT2D eigenvalue weighted by Gasteiger charge is 2.23. The molecular weight excluding hydrogens is 264 g/mol. The molecule has 2 heterocycles. The molecule has 4 rings (SSSR count). The van der Waals surface area contributed by atoms with Crippen molar-refractivity contribution in [2.24, 2.45) is 0 Å². The second kappa shape index (κ2) is 4.49. The molecule has 3 N–H and O–H groups in total. The molecular formula is C16H12N4O. The molecule has 5 nitrogen and oxygen atoms in total. The number of fused-ring (bicyclic) bond motifs is 2. The molecule has 2 aromatic carbocycles. The summed E-state index contributed by atoms with van der Waals surface area (Å²) in [5.41, 5.74) is 4.30. The highest BCUT2D eigenvalue weighted by molar-refractivity contribution is 6.31. The molecule has 0 radical (unpaired) electrons. The lowest BCUT2D eigenvalue weighted by Crippen LogP contribution is -2.05. The maximum atomic E-state index is 12.0. The van der Waals surface area contributed by atoms with Gasteiger partial charge in [-0.25, -0.2) is 0 Å². The van der Waals surface area contributed by atoms with Gasteiger partial charge in [0.2, 0.25) is 0 Å². The third-order valence-electron chi connectivity index (χ3n) is 3.53. The smallest absolute Gasteiger partial charge is 0.257 e. The predicted molar refractivity (Wildman–Crippen MR) is 82.8 cm³/mol. The van der Waals surface area contributed by atoms with E-state index in [1.807, 2.05) is 42.5 Å². The van der Waals surface area contributed by atoms with Crippen LogP contribution in [0.2, 0.25) is 0 Å².